The zero-order valence-corrected chi connectivity index (χ0v) is 20.8. The molecule has 0 amide bonds. The Morgan fingerprint density at radius 1 is 1.00 bits per heavy atom. The highest BCUT2D eigenvalue weighted by Gasteiger charge is 2.51. The van der Waals surface area contributed by atoms with E-state index in [1.54, 1.807) is 12.1 Å². The summed E-state index contributed by atoms with van der Waals surface area (Å²) in [5.41, 5.74) is 3.00. The summed E-state index contributed by atoms with van der Waals surface area (Å²) in [7, 11) is 2.07. The van der Waals surface area contributed by atoms with Gasteiger partial charge in [0.2, 0.25) is 0 Å². The molecule has 0 aromatic heterocycles. The number of ether oxygens (including phenoxy) is 2. The van der Waals surface area contributed by atoms with Gasteiger partial charge >= 0.3 is 11.9 Å². The molecule has 5 nitrogen and oxygen atoms in total. The van der Waals surface area contributed by atoms with Crippen LogP contribution in [0.3, 0.4) is 0 Å². The third-order valence-corrected chi connectivity index (χ3v) is 7.42. The van der Waals surface area contributed by atoms with Crippen LogP contribution in [0.2, 0.25) is 0 Å². The molecule has 0 saturated carbocycles. The molecule has 2 heterocycles. The monoisotopic (exact) mass is 463 g/mol. The van der Waals surface area contributed by atoms with Crippen LogP contribution < -0.4 is 0 Å². The Labute approximate surface area is 203 Å². The minimum absolute atomic E-state index is 0.0467. The molecule has 0 aliphatic carbocycles. The lowest BCUT2D eigenvalue weighted by Crippen LogP contribution is -2.53. The summed E-state index contributed by atoms with van der Waals surface area (Å²) >= 11 is 0. The molecule has 0 spiro atoms. The summed E-state index contributed by atoms with van der Waals surface area (Å²) in [6.07, 6.45) is 3.21. The molecule has 2 saturated heterocycles. The van der Waals surface area contributed by atoms with Crippen LogP contribution >= 0.6 is 0 Å². The van der Waals surface area contributed by atoms with E-state index in [0.29, 0.717) is 30.6 Å². The zero-order valence-electron chi connectivity index (χ0n) is 20.8. The Balaban J connectivity index is 1.41. The van der Waals surface area contributed by atoms with Crippen molar-refractivity contribution < 1.29 is 19.1 Å². The van der Waals surface area contributed by atoms with E-state index >= 15 is 0 Å². The van der Waals surface area contributed by atoms with E-state index in [2.05, 4.69) is 57.0 Å². The number of piperidine rings is 1. The summed E-state index contributed by atoms with van der Waals surface area (Å²) in [5.74, 6) is -0.373. The molecular weight excluding hydrogens is 426 g/mol. The highest BCUT2D eigenvalue weighted by molar-refractivity contribution is 5.89. The van der Waals surface area contributed by atoms with Crippen LogP contribution in [0.15, 0.2) is 54.6 Å². The van der Waals surface area contributed by atoms with Crippen molar-refractivity contribution in [3.63, 3.8) is 0 Å². The maximum atomic E-state index is 13.3. The lowest BCUT2D eigenvalue weighted by molar-refractivity contribution is -0.159. The standard InChI is InChI=1S/C29H37NO4/c1-19(2)16-21-10-12-22(13-11-21)20(3)18-33-29(32)27-25-15-14-24(30(25)4)17-26(27)34-28(31)23-8-6-5-7-9-23/h5-13,19-20,24-27H,14-18H2,1-4H3. The normalized spacial score (nSPS) is 25.2. The molecule has 2 aliphatic rings. The molecule has 182 valence electrons. The summed E-state index contributed by atoms with van der Waals surface area (Å²) in [6, 6.07) is 18.0. The van der Waals surface area contributed by atoms with E-state index in [1.807, 2.05) is 18.2 Å². The summed E-state index contributed by atoms with van der Waals surface area (Å²) < 4.78 is 11.8. The van der Waals surface area contributed by atoms with E-state index in [1.165, 1.54) is 5.56 Å². The van der Waals surface area contributed by atoms with Gasteiger partial charge < -0.3 is 9.47 Å². The molecule has 34 heavy (non-hydrogen) atoms. The van der Waals surface area contributed by atoms with Crippen molar-refractivity contribution in [3.8, 4) is 0 Å². The third-order valence-electron chi connectivity index (χ3n) is 7.42. The van der Waals surface area contributed by atoms with E-state index in [-0.39, 0.29) is 23.9 Å². The number of hydrogen-bond donors (Lipinski definition) is 0. The maximum Gasteiger partial charge on any atom is 0.338 e. The first-order valence-corrected chi connectivity index (χ1v) is 12.6. The van der Waals surface area contributed by atoms with Crippen molar-refractivity contribution in [1.29, 1.82) is 0 Å². The second kappa shape index (κ2) is 10.7. The van der Waals surface area contributed by atoms with Gasteiger partial charge in [-0.3, -0.25) is 9.69 Å². The number of carbonyl (C=O) groups excluding carboxylic acids is 2. The fourth-order valence-electron chi connectivity index (χ4n) is 5.48. The van der Waals surface area contributed by atoms with Crippen molar-refractivity contribution >= 4 is 11.9 Å². The van der Waals surface area contributed by atoms with Crippen LogP contribution in [0.25, 0.3) is 0 Å². The quantitative estimate of drug-likeness (QED) is 0.501. The van der Waals surface area contributed by atoms with Gasteiger partial charge in [0.1, 0.15) is 12.0 Å². The lowest BCUT2D eigenvalue weighted by Gasteiger charge is -2.41. The van der Waals surface area contributed by atoms with Gasteiger partial charge in [-0.15, -0.1) is 0 Å². The van der Waals surface area contributed by atoms with Crippen LogP contribution in [0.5, 0.6) is 0 Å². The average molecular weight is 464 g/mol. The Hall–Kier alpha value is -2.66. The molecule has 2 bridgehead atoms. The first kappa shape index (κ1) is 24.5. The first-order chi connectivity index (χ1) is 16.3. The highest BCUT2D eigenvalue weighted by Crippen LogP contribution is 2.40. The number of fused-ring (bicyclic) bond motifs is 2. The first-order valence-electron chi connectivity index (χ1n) is 12.6. The molecule has 5 atom stereocenters. The molecule has 2 aromatic rings. The molecule has 5 heteroatoms. The summed E-state index contributed by atoms with van der Waals surface area (Å²) in [6.45, 7) is 6.83. The minimum atomic E-state index is -0.461. The Bertz CT molecular complexity index is 971. The van der Waals surface area contributed by atoms with Gasteiger partial charge in [-0.1, -0.05) is 63.2 Å². The molecule has 2 aliphatic heterocycles. The lowest BCUT2D eigenvalue weighted by atomic mass is 9.87. The van der Waals surface area contributed by atoms with Gasteiger partial charge in [0.05, 0.1) is 12.2 Å². The zero-order chi connectivity index (χ0) is 24.2. The summed E-state index contributed by atoms with van der Waals surface area (Å²) in [5, 5.41) is 0. The van der Waals surface area contributed by atoms with Crippen LogP contribution in [-0.2, 0) is 20.7 Å². The predicted molar refractivity (Wildman–Crippen MR) is 133 cm³/mol. The fraction of sp³-hybridized carbons (Fsp3) is 0.517. The van der Waals surface area contributed by atoms with Gasteiger partial charge in [0.15, 0.2) is 0 Å². The molecule has 0 N–H and O–H groups in total. The Kier molecular flexibility index (Phi) is 7.72. The number of hydrogen-bond acceptors (Lipinski definition) is 5. The highest BCUT2D eigenvalue weighted by atomic mass is 16.6. The number of esters is 2. The second-order valence-corrected chi connectivity index (χ2v) is 10.4. The SMILES string of the molecule is CC(C)Cc1ccc(C(C)COC(=O)C2C(OC(=O)c3ccccc3)CC3CCC2N3C)cc1. The van der Waals surface area contributed by atoms with Crippen LogP contribution in [-0.4, -0.2) is 48.7 Å². The van der Waals surface area contributed by atoms with Gasteiger partial charge in [0.25, 0.3) is 0 Å². The smallest absolute Gasteiger partial charge is 0.338 e. The van der Waals surface area contributed by atoms with Crippen molar-refractivity contribution in [2.24, 2.45) is 11.8 Å². The van der Waals surface area contributed by atoms with Crippen molar-refractivity contribution in [2.75, 3.05) is 13.7 Å². The number of rotatable bonds is 8. The largest absolute Gasteiger partial charge is 0.465 e. The van der Waals surface area contributed by atoms with Gasteiger partial charge in [-0.2, -0.15) is 0 Å². The van der Waals surface area contributed by atoms with E-state index in [9.17, 15) is 9.59 Å². The topological polar surface area (TPSA) is 55.8 Å². The molecular formula is C29H37NO4. The molecule has 0 radical (unpaired) electrons. The van der Waals surface area contributed by atoms with Crippen molar-refractivity contribution in [2.45, 2.75) is 70.6 Å². The summed E-state index contributed by atoms with van der Waals surface area (Å²) in [4.78, 5) is 28.4. The van der Waals surface area contributed by atoms with Crippen LogP contribution in [0, 0.1) is 11.8 Å². The maximum absolute atomic E-state index is 13.3. The minimum Gasteiger partial charge on any atom is -0.465 e. The van der Waals surface area contributed by atoms with Gasteiger partial charge in [-0.05, 0) is 55.5 Å². The average Bonchev–Trinajstić information content (AvgIpc) is 3.06. The van der Waals surface area contributed by atoms with Crippen molar-refractivity contribution in [1.82, 2.24) is 4.90 Å². The molecule has 4 rings (SSSR count). The van der Waals surface area contributed by atoms with Gasteiger partial charge in [0, 0.05) is 24.4 Å². The predicted octanol–water partition coefficient (Wildman–Crippen LogP) is 5.24. The number of nitrogens with zero attached hydrogens (tertiary/aromatic N) is 1. The molecule has 5 unspecified atom stereocenters. The molecule has 2 fully saturated rings. The van der Waals surface area contributed by atoms with Crippen molar-refractivity contribution in [3.05, 3.63) is 71.3 Å². The third kappa shape index (κ3) is 5.52. The molecule has 2 aromatic carbocycles. The fourth-order valence-corrected chi connectivity index (χ4v) is 5.48. The Morgan fingerprint density at radius 3 is 2.38 bits per heavy atom. The van der Waals surface area contributed by atoms with Crippen LogP contribution in [0.1, 0.15) is 67.4 Å². The van der Waals surface area contributed by atoms with Crippen LogP contribution in [0.4, 0.5) is 0 Å². The number of carbonyl (C=O) groups is 2. The Morgan fingerprint density at radius 2 is 1.71 bits per heavy atom. The van der Waals surface area contributed by atoms with Gasteiger partial charge in [-0.25, -0.2) is 4.79 Å². The number of benzene rings is 2. The second-order valence-electron chi connectivity index (χ2n) is 10.4. The van der Waals surface area contributed by atoms with E-state index in [0.717, 1.165) is 24.8 Å². The van der Waals surface area contributed by atoms with E-state index < -0.39 is 12.0 Å². The van der Waals surface area contributed by atoms with E-state index in [4.69, 9.17) is 9.47 Å².